The smallest absolute Gasteiger partial charge is 0.119 e. The summed E-state index contributed by atoms with van der Waals surface area (Å²) in [5.74, 6) is 0.901. The minimum Gasteiger partial charge on any atom is -0.497 e. The van der Waals surface area contributed by atoms with Gasteiger partial charge in [0.05, 0.1) is 25.2 Å². The van der Waals surface area contributed by atoms with Gasteiger partial charge in [0.15, 0.2) is 0 Å². The lowest BCUT2D eigenvalue weighted by atomic mass is 10.0. The molecule has 1 aromatic carbocycles. The van der Waals surface area contributed by atoms with E-state index in [-0.39, 0.29) is 6.04 Å². The maximum atomic E-state index is 5.29. The summed E-state index contributed by atoms with van der Waals surface area (Å²) in [5, 5.41) is 3.57. The lowest BCUT2D eigenvalue weighted by Crippen LogP contribution is -2.24. The van der Waals surface area contributed by atoms with Gasteiger partial charge in [0.1, 0.15) is 5.75 Å². The molecule has 0 radical (unpaired) electrons. The Labute approximate surface area is 120 Å². The molecule has 1 unspecified atom stereocenters. The van der Waals surface area contributed by atoms with E-state index in [0.717, 1.165) is 30.8 Å². The molecule has 0 aliphatic heterocycles. The van der Waals surface area contributed by atoms with Crippen LogP contribution in [-0.2, 0) is 13.5 Å². The molecule has 1 N–H and O–H groups in total. The van der Waals surface area contributed by atoms with E-state index in [2.05, 4.69) is 35.6 Å². The Morgan fingerprint density at radius 2 is 2.25 bits per heavy atom. The number of aryl methyl sites for hydroxylation is 1. The molecule has 1 atom stereocenters. The van der Waals surface area contributed by atoms with Crippen LogP contribution in [0, 0.1) is 0 Å². The quantitative estimate of drug-likeness (QED) is 0.843. The summed E-state index contributed by atoms with van der Waals surface area (Å²) in [6, 6.07) is 8.46. The van der Waals surface area contributed by atoms with Crippen molar-refractivity contribution < 1.29 is 4.74 Å². The largest absolute Gasteiger partial charge is 0.497 e. The highest BCUT2D eigenvalue weighted by Crippen LogP contribution is 2.20. The molecule has 0 bridgehead atoms. The van der Waals surface area contributed by atoms with Crippen LogP contribution in [-0.4, -0.2) is 23.2 Å². The second-order valence-electron chi connectivity index (χ2n) is 5.03. The number of hydrogen-bond acceptors (Lipinski definition) is 3. The fourth-order valence-electron chi connectivity index (χ4n) is 2.25. The molecule has 0 aliphatic carbocycles. The zero-order valence-corrected chi connectivity index (χ0v) is 12.5. The summed E-state index contributed by atoms with van der Waals surface area (Å²) in [6.45, 7) is 3.17. The highest BCUT2D eigenvalue weighted by molar-refractivity contribution is 5.29. The standard InChI is InChI=1S/C16H23N3O/c1-4-8-17-15(16-11-19(2)12-18-16)10-13-6-5-7-14(9-13)20-3/h5-7,9,11-12,15,17H,4,8,10H2,1-3H3. The van der Waals surface area contributed by atoms with Crippen molar-refractivity contribution >= 4 is 0 Å². The summed E-state index contributed by atoms with van der Waals surface area (Å²) < 4.78 is 7.27. The van der Waals surface area contributed by atoms with Crippen molar-refractivity contribution in [3.63, 3.8) is 0 Å². The normalized spacial score (nSPS) is 12.3. The number of nitrogens with one attached hydrogen (secondary N) is 1. The van der Waals surface area contributed by atoms with Gasteiger partial charge in [0.25, 0.3) is 0 Å². The summed E-state index contributed by atoms with van der Waals surface area (Å²) in [4.78, 5) is 4.48. The highest BCUT2D eigenvalue weighted by atomic mass is 16.5. The molecule has 1 heterocycles. The second kappa shape index (κ2) is 7.10. The maximum Gasteiger partial charge on any atom is 0.119 e. The van der Waals surface area contributed by atoms with Crippen molar-refractivity contribution in [1.29, 1.82) is 0 Å². The zero-order chi connectivity index (χ0) is 14.4. The fraction of sp³-hybridized carbons (Fsp3) is 0.438. The van der Waals surface area contributed by atoms with E-state index in [4.69, 9.17) is 4.74 Å². The predicted octanol–water partition coefficient (Wildman–Crippen LogP) is 2.71. The van der Waals surface area contributed by atoms with Crippen molar-refractivity contribution in [3.8, 4) is 5.75 Å². The number of imidazole rings is 1. The van der Waals surface area contributed by atoms with Gasteiger partial charge in [-0.1, -0.05) is 19.1 Å². The number of ether oxygens (including phenoxy) is 1. The van der Waals surface area contributed by atoms with E-state index in [1.54, 1.807) is 7.11 Å². The van der Waals surface area contributed by atoms with Crippen LogP contribution in [0.1, 0.15) is 30.6 Å². The fourth-order valence-corrected chi connectivity index (χ4v) is 2.25. The molecule has 108 valence electrons. The van der Waals surface area contributed by atoms with Crippen LogP contribution in [0.15, 0.2) is 36.8 Å². The molecule has 0 amide bonds. The van der Waals surface area contributed by atoms with E-state index in [1.807, 2.05) is 30.1 Å². The van der Waals surface area contributed by atoms with Crippen LogP contribution in [0.3, 0.4) is 0 Å². The molecular weight excluding hydrogens is 250 g/mol. The molecule has 4 nitrogen and oxygen atoms in total. The van der Waals surface area contributed by atoms with Crippen molar-refractivity contribution in [3.05, 3.63) is 48.0 Å². The van der Waals surface area contributed by atoms with E-state index in [1.165, 1.54) is 5.56 Å². The average Bonchev–Trinajstić information content (AvgIpc) is 2.90. The summed E-state index contributed by atoms with van der Waals surface area (Å²) in [5.41, 5.74) is 2.34. The lowest BCUT2D eigenvalue weighted by Gasteiger charge is -2.17. The van der Waals surface area contributed by atoms with Gasteiger partial charge in [-0.25, -0.2) is 4.98 Å². The third-order valence-corrected chi connectivity index (χ3v) is 3.30. The Hall–Kier alpha value is -1.81. The van der Waals surface area contributed by atoms with Crippen molar-refractivity contribution in [2.75, 3.05) is 13.7 Å². The number of hydrogen-bond donors (Lipinski definition) is 1. The number of nitrogens with zero attached hydrogens (tertiary/aromatic N) is 2. The van der Waals surface area contributed by atoms with Gasteiger partial charge < -0.3 is 14.6 Å². The number of benzene rings is 1. The Balaban J connectivity index is 2.14. The monoisotopic (exact) mass is 273 g/mol. The first-order valence-corrected chi connectivity index (χ1v) is 7.07. The molecule has 2 aromatic rings. The second-order valence-corrected chi connectivity index (χ2v) is 5.03. The Bertz CT molecular complexity index is 536. The average molecular weight is 273 g/mol. The molecule has 4 heteroatoms. The third kappa shape index (κ3) is 3.84. The third-order valence-electron chi connectivity index (χ3n) is 3.30. The van der Waals surface area contributed by atoms with Gasteiger partial charge in [0.2, 0.25) is 0 Å². The molecule has 0 aliphatic rings. The molecule has 1 aromatic heterocycles. The molecule has 0 saturated carbocycles. The van der Waals surface area contributed by atoms with Crippen molar-refractivity contribution in [2.24, 2.45) is 7.05 Å². The van der Waals surface area contributed by atoms with E-state index in [9.17, 15) is 0 Å². The van der Waals surface area contributed by atoms with Crippen molar-refractivity contribution in [2.45, 2.75) is 25.8 Å². The maximum absolute atomic E-state index is 5.29. The topological polar surface area (TPSA) is 39.1 Å². The van der Waals surface area contributed by atoms with Crippen LogP contribution >= 0.6 is 0 Å². The van der Waals surface area contributed by atoms with E-state index >= 15 is 0 Å². The van der Waals surface area contributed by atoms with Crippen LogP contribution in [0.2, 0.25) is 0 Å². The SMILES string of the molecule is CCCNC(Cc1cccc(OC)c1)c1cn(C)cn1. The molecule has 0 saturated heterocycles. The van der Waals surface area contributed by atoms with E-state index < -0.39 is 0 Å². The molecular formula is C16H23N3O. The molecule has 0 spiro atoms. The van der Waals surface area contributed by atoms with Crippen LogP contribution in [0.25, 0.3) is 0 Å². The van der Waals surface area contributed by atoms with Crippen molar-refractivity contribution in [1.82, 2.24) is 14.9 Å². The number of methoxy groups -OCH3 is 1. The summed E-state index contributed by atoms with van der Waals surface area (Å²) >= 11 is 0. The Morgan fingerprint density at radius 3 is 2.90 bits per heavy atom. The number of aromatic nitrogens is 2. The minimum atomic E-state index is 0.239. The Kier molecular flexibility index (Phi) is 5.18. The Morgan fingerprint density at radius 1 is 1.40 bits per heavy atom. The lowest BCUT2D eigenvalue weighted by molar-refractivity contribution is 0.413. The zero-order valence-electron chi connectivity index (χ0n) is 12.5. The minimum absolute atomic E-state index is 0.239. The van der Waals surface area contributed by atoms with Crippen LogP contribution in [0.4, 0.5) is 0 Å². The molecule has 0 fully saturated rings. The van der Waals surface area contributed by atoms with Gasteiger partial charge in [-0.05, 0) is 37.1 Å². The highest BCUT2D eigenvalue weighted by Gasteiger charge is 2.14. The number of rotatable bonds is 7. The first-order valence-electron chi connectivity index (χ1n) is 7.07. The summed E-state index contributed by atoms with van der Waals surface area (Å²) in [7, 11) is 3.70. The van der Waals surface area contributed by atoms with Gasteiger partial charge in [-0.15, -0.1) is 0 Å². The van der Waals surface area contributed by atoms with E-state index in [0.29, 0.717) is 0 Å². The van der Waals surface area contributed by atoms with Gasteiger partial charge in [0, 0.05) is 13.2 Å². The predicted molar refractivity (Wildman–Crippen MR) is 80.9 cm³/mol. The van der Waals surface area contributed by atoms with Crippen LogP contribution in [0.5, 0.6) is 5.75 Å². The molecule has 2 rings (SSSR count). The van der Waals surface area contributed by atoms with Crippen LogP contribution < -0.4 is 10.1 Å². The van der Waals surface area contributed by atoms with Gasteiger partial charge >= 0.3 is 0 Å². The van der Waals surface area contributed by atoms with Gasteiger partial charge in [-0.3, -0.25) is 0 Å². The molecule has 20 heavy (non-hydrogen) atoms. The van der Waals surface area contributed by atoms with Gasteiger partial charge in [-0.2, -0.15) is 0 Å². The summed E-state index contributed by atoms with van der Waals surface area (Å²) in [6.07, 6.45) is 5.95. The first-order chi connectivity index (χ1) is 9.72. The first kappa shape index (κ1) is 14.6.